The summed E-state index contributed by atoms with van der Waals surface area (Å²) < 4.78 is 5.16. The number of hydrogen-bond acceptors (Lipinski definition) is 3. The second-order valence-electron chi connectivity index (χ2n) is 4.08. The summed E-state index contributed by atoms with van der Waals surface area (Å²) in [4.78, 5) is 0. The quantitative estimate of drug-likeness (QED) is 0.719. The van der Waals surface area contributed by atoms with Crippen molar-refractivity contribution in [3.05, 3.63) is 29.8 Å². The Morgan fingerprint density at radius 3 is 2.47 bits per heavy atom. The molecule has 0 aliphatic rings. The van der Waals surface area contributed by atoms with Gasteiger partial charge in [-0.15, -0.1) is 0 Å². The van der Waals surface area contributed by atoms with Crippen molar-refractivity contribution in [2.75, 3.05) is 19.4 Å². The largest absolute Gasteiger partial charge is 0.497 e. The van der Waals surface area contributed by atoms with E-state index in [2.05, 4.69) is 19.1 Å². The van der Waals surface area contributed by atoms with Gasteiger partial charge in [0.2, 0.25) is 0 Å². The third-order valence-corrected chi connectivity index (χ3v) is 4.16. The van der Waals surface area contributed by atoms with Crippen LogP contribution in [0.2, 0.25) is 0 Å². The molecule has 0 aromatic heterocycles. The van der Waals surface area contributed by atoms with Crippen LogP contribution in [0, 0.1) is 0 Å². The van der Waals surface area contributed by atoms with E-state index in [1.165, 1.54) is 30.6 Å². The van der Waals surface area contributed by atoms with Crippen LogP contribution in [0.1, 0.15) is 37.0 Å². The summed E-state index contributed by atoms with van der Waals surface area (Å²) in [5.74, 6) is 2.10. The molecule has 96 valence electrons. The van der Waals surface area contributed by atoms with Crippen molar-refractivity contribution in [3.8, 4) is 5.75 Å². The number of methoxy groups -OCH3 is 1. The Morgan fingerprint density at radius 2 is 1.94 bits per heavy atom. The van der Waals surface area contributed by atoms with Crippen LogP contribution < -0.4 is 10.5 Å². The number of thioether (sulfide) groups is 1. The van der Waals surface area contributed by atoms with Gasteiger partial charge in [-0.25, -0.2) is 0 Å². The van der Waals surface area contributed by atoms with Crippen molar-refractivity contribution in [2.45, 2.75) is 31.4 Å². The van der Waals surface area contributed by atoms with E-state index in [1.807, 2.05) is 23.9 Å². The van der Waals surface area contributed by atoms with Gasteiger partial charge in [0, 0.05) is 11.8 Å². The van der Waals surface area contributed by atoms with Crippen molar-refractivity contribution >= 4 is 11.8 Å². The zero-order valence-electron chi connectivity index (χ0n) is 10.8. The van der Waals surface area contributed by atoms with Crippen LogP contribution in [-0.4, -0.2) is 19.4 Å². The first-order valence-electron chi connectivity index (χ1n) is 6.27. The SMILES string of the molecule is CCCCCSC(CN)c1ccc(OC)cc1. The predicted molar refractivity (Wildman–Crippen MR) is 76.8 cm³/mol. The average Bonchev–Trinajstić information content (AvgIpc) is 2.39. The molecule has 1 aromatic carbocycles. The normalized spacial score (nSPS) is 12.4. The van der Waals surface area contributed by atoms with Gasteiger partial charge in [-0.3, -0.25) is 0 Å². The predicted octanol–water partition coefficient (Wildman–Crippen LogP) is 3.62. The molecule has 0 aliphatic heterocycles. The Morgan fingerprint density at radius 1 is 1.24 bits per heavy atom. The highest BCUT2D eigenvalue weighted by molar-refractivity contribution is 7.99. The summed E-state index contributed by atoms with van der Waals surface area (Å²) in [7, 11) is 1.69. The smallest absolute Gasteiger partial charge is 0.118 e. The molecule has 0 fully saturated rings. The van der Waals surface area contributed by atoms with Crippen molar-refractivity contribution in [1.29, 1.82) is 0 Å². The zero-order chi connectivity index (χ0) is 12.5. The van der Waals surface area contributed by atoms with Crippen molar-refractivity contribution in [2.24, 2.45) is 5.73 Å². The van der Waals surface area contributed by atoms with Crippen LogP contribution in [0.25, 0.3) is 0 Å². The third kappa shape index (κ3) is 5.00. The Kier molecular flexibility index (Phi) is 7.13. The molecule has 0 saturated heterocycles. The second-order valence-corrected chi connectivity index (χ2v) is 5.39. The highest BCUT2D eigenvalue weighted by atomic mass is 32.2. The minimum atomic E-state index is 0.415. The number of unbranched alkanes of at least 4 members (excludes halogenated alkanes) is 2. The fraction of sp³-hybridized carbons (Fsp3) is 0.571. The number of nitrogens with two attached hydrogens (primary N) is 1. The molecule has 0 saturated carbocycles. The number of ether oxygens (including phenoxy) is 1. The van der Waals surface area contributed by atoms with E-state index in [1.54, 1.807) is 7.11 Å². The highest BCUT2D eigenvalue weighted by Crippen LogP contribution is 2.29. The van der Waals surface area contributed by atoms with Gasteiger partial charge < -0.3 is 10.5 Å². The van der Waals surface area contributed by atoms with Crippen molar-refractivity contribution in [1.82, 2.24) is 0 Å². The van der Waals surface area contributed by atoms with Gasteiger partial charge >= 0.3 is 0 Å². The molecule has 2 N–H and O–H groups in total. The van der Waals surface area contributed by atoms with Gasteiger partial charge in [-0.05, 0) is 29.9 Å². The molecule has 1 rings (SSSR count). The molecule has 0 heterocycles. The van der Waals surface area contributed by atoms with E-state index >= 15 is 0 Å². The van der Waals surface area contributed by atoms with Crippen LogP contribution in [-0.2, 0) is 0 Å². The van der Waals surface area contributed by atoms with Gasteiger partial charge in [0.25, 0.3) is 0 Å². The fourth-order valence-corrected chi connectivity index (χ4v) is 2.84. The minimum absolute atomic E-state index is 0.415. The number of benzene rings is 1. The minimum Gasteiger partial charge on any atom is -0.497 e. The molecular weight excluding hydrogens is 230 g/mol. The first-order valence-corrected chi connectivity index (χ1v) is 7.32. The van der Waals surface area contributed by atoms with E-state index in [-0.39, 0.29) is 0 Å². The molecular formula is C14H23NOS. The van der Waals surface area contributed by atoms with E-state index in [0.29, 0.717) is 11.8 Å². The summed E-state index contributed by atoms with van der Waals surface area (Å²) >= 11 is 1.96. The van der Waals surface area contributed by atoms with Crippen LogP contribution in [0.4, 0.5) is 0 Å². The summed E-state index contributed by atoms with van der Waals surface area (Å²) in [6.45, 7) is 2.93. The van der Waals surface area contributed by atoms with Crippen molar-refractivity contribution in [3.63, 3.8) is 0 Å². The van der Waals surface area contributed by atoms with Crippen molar-refractivity contribution < 1.29 is 4.74 Å². The summed E-state index contributed by atoms with van der Waals surface area (Å²) in [5, 5.41) is 0.415. The van der Waals surface area contributed by atoms with Gasteiger partial charge in [-0.2, -0.15) is 11.8 Å². The third-order valence-electron chi connectivity index (χ3n) is 2.77. The lowest BCUT2D eigenvalue weighted by Crippen LogP contribution is -2.09. The fourth-order valence-electron chi connectivity index (χ4n) is 1.70. The standard InChI is InChI=1S/C14H23NOS/c1-3-4-5-10-17-14(11-15)12-6-8-13(16-2)9-7-12/h6-9,14H,3-5,10-11,15H2,1-2H3. The molecule has 1 unspecified atom stereocenters. The molecule has 2 nitrogen and oxygen atoms in total. The highest BCUT2D eigenvalue weighted by Gasteiger charge is 2.09. The lowest BCUT2D eigenvalue weighted by atomic mass is 10.1. The first-order chi connectivity index (χ1) is 8.31. The summed E-state index contributed by atoms with van der Waals surface area (Å²) in [6, 6.07) is 8.24. The lowest BCUT2D eigenvalue weighted by molar-refractivity contribution is 0.414. The number of rotatable bonds is 8. The Labute approximate surface area is 109 Å². The molecule has 0 bridgehead atoms. The van der Waals surface area contributed by atoms with E-state index in [4.69, 9.17) is 10.5 Å². The van der Waals surface area contributed by atoms with Crippen LogP contribution >= 0.6 is 11.8 Å². The zero-order valence-corrected chi connectivity index (χ0v) is 11.6. The molecule has 0 radical (unpaired) electrons. The van der Waals surface area contributed by atoms with Gasteiger partial charge in [0.1, 0.15) is 5.75 Å². The maximum Gasteiger partial charge on any atom is 0.118 e. The topological polar surface area (TPSA) is 35.2 Å². The van der Waals surface area contributed by atoms with Crippen LogP contribution in [0.3, 0.4) is 0 Å². The molecule has 0 spiro atoms. The second kappa shape index (κ2) is 8.43. The summed E-state index contributed by atoms with van der Waals surface area (Å²) in [5.41, 5.74) is 7.14. The lowest BCUT2D eigenvalue weighted by Gasteiger charge is -2.15. The molecule has 0 amide bonds. The number of hydrogen-bond donors (Lipinski definition) is 1. The van der Waals surface area contributed by atoms with Gasteiger partial charge in [0.05, 0.1) is 7.11 Å². The van der Waals surface area contributed by atoms with Crippen LogP contribution in [0.15, 0.2) is 24.3 Å². The average molecular weight is 253 g/mol. The van der Waals surface area contributed by atoms with Gasteiger partial charge in [0.15, 0.2) is 0 Å². The van der Waals surface area contributed by atoms with E-state index in [0.717, 1.165) is 5.75 Å². The molecule has 0 aliphatic carbocycles. The molecule has 1 aromatic rings. The Hall–Kier alpha value is -0.670. The van der Waals surface area contributed by atoms with Gasteiger partial charge in [-0.1, -0.05) is 31.9 Å². The van der Waals surface area contributed by atoms with Crippen LogP contribution in [0.5, 0.6) is 5.75 Å². The van der Waals surface area contributed by atoms with E-state index < -0.39 is 0 Å². The summed E-state index contributed by atoms with van der Waals surface area (Å²) in [6.07, 6.45) is 3.87. The maximum absolute atomic E-state index is 5.84. The Bertz CT molecular complexity index is 300. The molecule has 17 heavy (non-hydrogen) atoms. The first kappa shape index (κ1) is 14.4. The maximum atomic E-state index is 5.84. The molecule has 3 heteroatoms. The Balaban J connectivity index is 2.47. The monoisotopic (exact) mass is 253 g/mol. The van der Waals surface area contributed by atoms with E-state index in [9.17, 15) is 0 Å². The molecule has 1 atom stereocenters.